The lowest BCUT2D eigenvalue weighted by Crippen LogP contribution is -2.29. The first-order valence-electron chi connectivity index (χ1n) is 24.4. The summed E-state index contributed by atoms with van der Waals surface area (Å²) in [7, 11) is 0. The Hall–Kier alpha value is -8.98. The first kappa shape index (κ1) is 39.1. The molecule has 11 aromatic carbocycles. The number of para-hydroxylation sites is 3. The Kier molecular flexibility index (Phi) is 8.38. The van der Waals surface area contributed by atoms with Crippen molar-refractivity contribution in [1.82, 2.24) is 0 Å². The van der Waals surface area contributed by atoms with Crippen molar-refractivity contribution in [3.8, 4) is 89.4 Å². The Bertz CT molecular complexity index is 3980. The van der Waals surface area contributed by atoms with Crippen LogP contribution >= 0.6 is 0 Å². The number of rotatable bonds is 4. The Morgan fingerprint density at radius 1 is 0.300 bits per heavy atom. The molecule has 326 valence electrons. The predicted molar refractivity (Wildman–Crippen MR) is 287 cm³/mol. The lowest BCUT2D eigenvalue weighted by molar-refractivity contribution is 0.488. The summed E-state index contributed by atoms with van der Waals surface area (Å²) < 4.78 is 6.71. The fourth-order valence-corrected chi connectivity index (χ4v) is 12.7. The molecule has 0 aromatic heterocycles. The van der Waals surface area contributed by atoms with E-state index >= 15 is 0 Å². The molecule has 1 unspecified atom stereocenters. The minimum atomic E-state index is -0.669. The molecule has 2 heteroatoms. The van der Waals surface area contributed by atoms with Gasteiger partial charge < -0.3 is 9.64 Å². The van der Waals surface area contributed by atoms with Gasteiger partial charge in [0.15, 0.2) is 0 Å². The van der Waals surface area contributed by atoms with E-state index in [-0.39, 0.29) is 0 Å². The molecular formula is C68H43NO. The van der Waals surface area contributed by atoms with Gasteiger partial charge in [-0.05, 0) is 143 Å². The Morgan fingerprint density at radius 3 is 1.56 bits per heavy atom. The molecule has 1 atom stereocenters. The Labute approximate surface area is 408 Å². The van der Waals surface area contributed by atoms with Gasteiger partial charge in [0, 0.05) is 28.1 Å². The Balaban J connectivity index is 1.06. The summed E-state index contributed by atoms with van der Waals surface area (Å²) in [6, 6.07) is 92.4. The van der Waals surface area contributed by atoms with E-state index in [0.29, 0.717) is 0 Å². The fraction of sp³-hybridized carbons (Fsp3) is 0.0294. The van der Waals surface area contributed by atoms with E-state index in [1.54, 1.807) is 0 Å². The lowest BCUT2D eigenvalue weighted by atomic mass is 9.65. The van der Waals surface area contributed by atoms with Crippen LogP contribution in [0.3, 0.4) is 0 Å². The number of fused-ring (bicyclic) bond motifs is 21. The monoisotopic (exact) mass is 889 g/mol. The zero-order valence-electron chi connectivity index (χ0n) is 38.2. The molecule has 4 aliphatic rings. The van der Waals surface area contributed by atoms with Crippen LogP contribution in [0, 0.1) is 0 Å². The molecular weight excluding hydrogens is 847 g/mol. The van der Waals surface area contributed by atoms with Gasteiger partial charge >= 0.3 is 0 Å². The van der Waals surface area contributed by atoms with E-state index in [1.807, 2.05) is 0 Å². The zero-order chi connectivity index (χ0) is 45.9. The molecule has 0 amide bonds. The first-order valence-corrected chi connectivity index (χ1v) is 24.4. The summed E-state index contributed by atoms with van der Waals surface area (Å²) >= 11 is 0. The van der Waals surface area contributed by atoms with E-state index < -0.39 is 5.41 Å². The summed E-state index contributed by atoms with van der Waals surface area (Å²) in [5.74, 6) is 1.70. The van der Waals surface area contributed by atoms with Gasteiger partial charge in [0.25, 0.3) is 0 Å². The van der Waals surface area contributed by atoms with Crippen LogP contribution in [0.1, 0.15) is 33.4 Å². The molecule has 0 saturated heterocycles. The van der Waals surface area contributed by atoms with Gasteiger partial charge in [0.2, 0.25) is 0 Å². The standard InChI is InChI=1S/C68H43NO/c1-2-18-43(19-3-1)48-21-10-15-31-63(48)69(46-35-37-52-55-26-11-16-32-64(55)70-65-33-17-12-27-56(65)58(52)41-46)47-36-38-54-51-24-7-6-23-50(51)53-25-8-13-29-59(53)68(62(54)42-47)60-30-14-9-28-57(60)67-61(68)39-34-45-40-44-20-4-5-22-49(44)66(45)67/h1-39,41-42H,40H2. The maximum Gasteiger partial charge on any atom is 0.135 e. The number of hydrogen-bond donors (Lipinski definition) is 0. The molecule has 0 saturated carbocycles. The highest BCUT2D eigenvalue weighted by Crippen LogP contribution is 2.64. The second-order valence-corrected chi connectivity index (χ2v) is 19.0. The van der Waals surface area contributed by atoms with Crippen molar-refractivity contribution in [2.75, 3.05) is 4.90 Å². The number of hydrogen-bond acceptors (Lipinski definition) is 2. The fourth-order valence-electron chi connectivity index (χ4n) is 12.7. The van der Waals surface area contributed by atoms with Crippen LogP contribution in [0.4, 0.5) is 17.1 Å². The maximum absolute atomic E-state index is 6.71. The Morgan fingerprint density at radius 2 is 0.814 bits per heavy atom. The molecule has 0 bridgehead atoms. The van der Waals surface area contributed by atoms with E-state index in [1.165, 1.54) is 77.9 Å². The first-order chi connectivity index (χ1) is 34.7. The van der Waals surface area contributed by atoms with E-state index in [4.69, 9.17) is 4.74 Å². The minimum Gasteiger partial charge on any atom is -0.456 e. The van der Waals surface area contributed by atoms with Crippen LogP contribution < -0.4 is 9.64 Å². The van der Waals surface area contributed by atoms with Crippen molar-refractivity contribution in [1.29, 1.82) is 0 Å². The zero-order valence-corrected chi connectivity index (χ0v) is 38.2. The quantitative estimate of drug-likeness (QED) is 0.175. The van der Waals surface area contributed by atoms with Crippen LogP contribution in [0.5, 0.6) is 11.5 Å². The van der Waals surface area contributed by atoms with Crippen molar-refractivity contribution in [3.05, 3.63) is 282 Å². The molecule has 2 nitrogen and oxygen atoms in total. The van der Waals surface area contributed by atoms with Crippen LogP contribution in [0.2, 0.25) is 0 Å². The highest BCUT2D eigenvalue weighted by atomic mass is 16.5. The van der Waals surface area contributed by atoms with E-state index in [2.05, 4.69) is 254 Å². The predicted octanol–water partition coefficient (Wildman–Crippen LogP) is 17.8. The van der Waals surface area contributed by atoms with E-state index in [0.717, 1.165) is 68.4 Å². The third-order valence-corrected chi connectivity index (χ3v) is 15.5. The smallest absolute Gasteiger partial charge is 0.135 e. The lowest BCUT2D eigenvalue weighted by Gasteiger charge is -2.37. The SMILES string of the molecule is c1ccc(-c2ccccc2N(c2ccc3c(c2)-c2ccccc2Oc2ccccc2-3)c2ccc3c(c2)C2(c4ccccc4-c4ccccc4-3)c3ccccc3-c3c2ccc2c3-c3ccccc3C2)cc1. The molecule has 0 fully saturated rings. The van der Waals surface area contributed by atoms with Crippen LogP contribution in [0.25, 0.3) is 77.9 Å². The van der Waals surface area contributed by atoms with Gasteiger partial charge in [0.1, 0.15) is 11.5 Å². The van der Waals surface area contributed by atoms with Crippen molar-refractivity contribution in [2.24, 2.45) is 0 Å². The number of anilines is 3. The van der Waals surface area contributed by atoms with Gasteiger partial charge in [-0.2, -0.15) is 0 Å². The average Bonchev–Trinajstić information content (AvgIpc) is 3.87. The number of ether oxygens (including phenoxy) is 1. The normalized spacial score (nSPS) is 14.7. The highest BCUT2D eigenvalue weighted by molar-refractivity contribution is 6.04. The molecule has 70 heavy (non-hydrogen) atoms. The largest absolute Gasteiger partial charge is 0.456 e. The van der Waals surface area contributed by atoms with Gasteiger partial charge in [0.05, 0.1) is 11.1 Å². The summed E-state index contributed by atoms with van der Waals surface area (Å²) in [5, 5.41) is 0. The summed E-state index contributed by atoms with van der Waals surface area (Å²) in [5.41, 5.74) is 27.7. The molecule has 1 spiro atoms. The van der Waals surface area contributed by atoms with Gasteiger partial charge in [-0.25, -0.2) is 0 Å². The molecule has 1 aliphatic heterocycles. The van der Waals surface area contributed by atoms with Crippen LogP contribution in [-0.2, 0) is 11.8 Å². The van der Waals surface area contributed by atoms with Crippen LogP contribution in [-0.4, -0.2) is 0 Å². The number of benzene rings is 11. The van der Waals surface area contributed by atoms with Crippen molar-refractivity contribution < 1.29 is 4.74 Å². The highest BCUT2D eigenvalue weighted by Gasteiger charge is 2.51. The van der Waals surface area contributed by atoms with Crippen molar-refractivity contribution in [3.63, 3.8) is 0 Å². The van der Waals surface area contributed by atoms with E-state index in [9.17, 15) is 0 Å². The molecule has 11 aromatic rings. The summed E-state index contributed by atoms with van der Waals surface area (Å²) in [6.45, 7) is 0. The maximum atomic E-state index is 6.71. The summed E-state index contributed by atoms with van der Waals surface area (Å²) in [6.07, 6.45) is 0.940. The third-order valence-electron chi connectivity index (χ3n) is 15.5. The second-order valence-electron chi connectivity index (χ2n) is 19.0. The third kappa shape index (κ3) is 5.44. The number of nitrogens with zero attached hydrogens (tertiary/aromatic N) is 1. The van der Waals surface area contributed by atoms with Gasteiger partial charge in [-0.15, -0.1) is 0 Å². The topological polar surface area (TPSA) is 12.5 Å². The second kappa shape index (κ2) is 15.0. The van der Waals surface area contributed by atoms with Crippen LogP contribution in [0.15, 0.2) is 249 Å². The minimum absolute atomic E-state index is 0.669. The molecule has 1 heterocycles. The molecule has 0 N–H and O–H groups in total. The van der Waals surface area contributed by atoms with Gasteiger partial charge in [-0.1, -0.05) is 206 Å². The molecule has 15 rings (SSSR count). The summed E-state index contributed by atoms with van der Waals surface area (Å²) in [4.78, 5) is 2.50. The van der Waals surface area contributed by atoms with Gasteiger partial charge in [-0.3, -0.25) is 0 Å². The van der Waals surface area contributed by atoms with Crippen molar-refractivity contribution >= 4 is 17.1 Å². The molecule has 3 aliphatic carbocycles. The van der Waals surface area contributed by atoms with Crippen molar-refractivity contribution in [2.45, 2.75) is 11.8 Å². The molecule has 0 radical (unpaired) electrons. The average molecular weight is 890 g/mol.